The van der Waals surface area contributed by atoms with Crippen LogP contribution < -0.4 is 10.8 Å². The molecule has 0 spiro atoms. The number of ether oxygens (including phenoxy) is 1. The zero-order valence-electron chi connectivity index (χ0n) is 16.4. The fourth-order valence-corrected chi connectivity index (χ4v) is 2.77. The van der Waals surface area contributed by atoms with Crippen LogP contribution in [0.2, 0.25) is 0 Å². The normalized spacial score (nSPS) is 13.1. The first kappa shape index (κ1) is 22.6. The van der Waals surface area contributed by atoms with Crippen molar-refractivity contribution in [1.82, 2.24) is 10.8 Å². The Kier molecular flexibility index (Phi) is 9.50. The lowest BCUT2D eigenvalue weighted by Gasteiger charge is -2.23. The van der Waals surface area contributed by atoms with Gasteiger partial charge in [0.2, 0.25) is 11.8 Å². The Hall–Kier alpha value is -2.41. The third kappa shape index (κ3) is 8.68. The molecule has 150 valence electrons. The summed E-state index contributed by atoms with van der Waals surface area (Å²) in [7, 11) is 0. The van der Waals surface area contributed by atoms with E-state index < -0.39 is 29.7 Å². The van der Waals surface area contributed by atoms with Gasteiger partial charge < -0.3 is 10.1 Å². The summed E-state index contributed by atoms with van der Waals surface area (Å²) < 4.78 is 5.28. The second kappa shape index (κ2) is 11.3. The van der Waals surface area contributed by atoms with Crippen molar-refractivity contribution in [3.63, 3.8) is 0 Å². The number of hydrogen-bond donors (Lipinski definition) is 3. The molecular weight excluding hydrogens is 348 g/mol. The third-order valence-electron chi connectivity index (χ3n) is 3.92. The zero-order chi connectivity index (χ0) is 20.4. The molecule has 0 aliphatic carbocycles. The molecule has 0 saturated heterocycles. The highest BCUT2D eigenvalue weighted by Crippen LogP contribution is 2.17. The van der Waals surface area contributed by atoms with E-state index in [2.05, 4.69) is 5.32 Å². The van der Waals surface area contributed by atoms with E-state index in [0.717, 1.165) is 5.56 Å². The van der Waals surface area contributed by atoms with Crippen LogP contribution in [0.4, 0.5) is 0 Å². The Labute approximate surface area is 160 Å². The second-order valence-electron chi connectivity index (χ2n) is 7.30. The molecule has 7 heteroatoms. The lowest BCUT2D eigenvalue weighted by molar-refractivity contribution is -0.152. The van der Waals surface area contributed by atoms with Crippen LogP contribution in [0.5, 0.6) is 0 Å². The molecule has 1 rings (SSSR count). The quantitative estimate of drug-likeness (QED) is 0.329. The number of carbonyl (C=O) groups excluding carboxylic acids is 3. The molecule has 27 heavy (non-hydrogen) atoms. The minimum Gasteiger partial charge on any atom is -0.461 e. The molecule has 0 aromatic heterocycles. The van der Waals surface area contributed by atoms with Gasteiger partial charge in [0.15, 0.2) is 0 Å². The van der Waals surface area contributed by atoms with Crippen molar-refractivity contribution >= 4 is 17.8 Å². The van der Waals surface area contributed by atoms with Crippen LogP contribution in [0.1, 0.15) is 46.1 Å². The second-order valence-corrected chi connectivity index (χ2v) is 7.30. The summed E-state index contributed by atoms with van der Waals surface area (Å²) in [6.07, 6.45) is 0.284. The third-order valence-corrected chi connectivity index (χ3v) is 3.92. The number of nitrogens with one attached hydrogen (secondary N) is 2. The van der Waals surface area contributed by atoms with Crippen molar-refractivity contribution in [2.45, 2.75) is 59.1 Å². The van der Waals surface area contributed by atoms with Gasteiger partial charge in [-0.2, -0.15) is 0 Å². The van der Waals surface area contributed by atoms with E-state index in [1.165, 1.54) is 0 Å². The molecule has 2 atom stereocenters. The molecule has 1 aromatic carbocycles. The maximum Gasteiger partial charge on any atom is 0.329 e. The van der Waals surface area contributed by atoms with Crippen molar-refractivity contribution in [3.8, 4) is 0 Å². The predicted octanol–water partition coefficient (Wildman–Crippen LogP) is 2.22. The number of carbonyl (C=O) groups is 3. The molecule has 0 saturated carbocycles. The van der Waals surface area contributed by atoms with Crippen molar-refractivity contribution < 1.29 is 24.3 Å². The zero-order valence-corrected chi connectivity index (χ0v) is 16.4. The summed E-state index contributed by atoms with van der Waals surface area (Å²) in [5.74, 6) is -2.05. The summed E-state index contributed by atoms with van der Waals surface area (Å²) in [6.45, 7) is 7.36. The molecule has 0 aliphatic rings. The van der Waals surface area contributed by atoms with Gasteiger partial charge in [0.05, 0.1) is 6.10 Å². The van der Waals surface area contributed by atoms with Crippen molar-refractivity contribution in [2.24, 2.45) is 11.8 Å². The maximum absolute atomic E-state index is 12.7. The van der Waals surface area contributed by atoms with Gasteiger partial charge >= 0.3 is 5.97 Å². The van der Waals surface area contributed by atoms with Crippen molar-refractivity contribution in [2.75, 3.05) is 0 Å². The lowest BCUT2D eigenvalue weighted by atomic mass is 9.92. The molecule has 1 aromatic rings. The maximum atomic E-state index is 12.7. The number of rotatable bonds is 10. The summed E-state index contributed by atoms with van der Waals surface area (Å²) in [6, 6.07) is 8.47. The van der Waals surface area contributed by atoms with Gasteiger partial charge in [0, 0.05) is 18.8 Å². The molecule has 7 nitrogen and oxygen atoms in total. The van der Waals surface area contributed by atoms with E-state index in [4.69, 9.17) is 9.94 Å². The molecule has 0 radical (unpaired) electrons. The van der Waals surface area contributed by atoms with Gasteiger partial charge in [-0.3, -0.25) is 14.8 Å². The van der Waals surface area contributed by atoms with Gasteiger partial charge in [0.1, 0.15) is 6.04 Å². The number of benzene rings is 1. The first-order valence-corrected chi connectivity index (χ1v) is 9.20. The summed E-state index contributed by atoms with van der Waals surface area (Å²) in [5.41, 5.74) is 2.44. The Bertz CT molecular complexity index is 616. The van der Waals surface area contributed by atoms with Gasteiger partial charge in [-0.25, -0.2) is 10.3 Å². The topological polar surface area (TPSA) is 105 Å². The average molecular weight is 378 g/mol. The summed E-state index contributed by atoms with van der Waals surface area (Å²) in [4.78, 5) is 36.7. The fourth-order valence-electron chi connectivity index (χ4n) is 2.77. The average Bonchev–Trinajstić information content (AvgIpc) is 2.60. The Balaban J connectivity index is 2.93. The van der Waals surface area contributed by atoms with Crippen LogP contribution in [-0.2, 0) is 25.5 Å². The van der Waals surface area contributed by atoms with Gasteiger partial charge in [0.25, 0.3) is 0 Å². The van der Waals surface area contributed by atoms with Crippen LogP contribution >= 0.6 is 0 Å². The smallest absolute Gasteiger partial charge is 0.329 e. The fraction of sp³-hybridized carbons (Fsp3) is 0.550. The van der Waals surface area contributed by atoms with E-state index >= 15 is 0 Å². The minimum absolute atomic E-state index is 0.155. The van der Waals surface area contributed by atoms with E-state index in [0.29, 0.717) is 12.8 Å². The molecule has 0 bridgehead atoms. The van der Waals surface area contributed by atoms with Crippen molar-refractivity contribution in [1.29, 1.82) is 0 Å². The van der Waals surface area contributed by atoms with Crippen LogP contribution in [0.15, 0.2) is 30.3 Å². The highest BCUT2D eigenvalue weighted by molar-refractivity contribution is 5.89. The van der Waals surface area contributed by atoms with Gasteiger partial charge in [-0.15, -0.1) is 0 Å². The number of esters is 1. The van der Waals surface area contributed by atoms with E-state index in [1.54, 1.807) is 19.3 Å². The standard InChI is InChI=1S/C20H30N2O5/c1-13(2)10-16(12-18(23)22-26)19(24)21-17(20(25)27-14(3)4)11-15-8-6-5-7-9-15/h5-9,13-14,16-17,26H,10-12H2,1-4H3,(H,21,24)(H,22,23). The number of amides is 2. The molecule has 2 amide bonds. The Morgan fingerprint density at radius 3 is 2.22 bits per heavy atom. The van der Waals surface area contributed by atoms with E-state index in [-0.39, 0.29) is 18.4 Å². The van der Waals surface area contributed by atoms with E-state index in [1.807, 2.05) is 44.2 Å². The SMILES string of the molecule is CC(C)CC(CC(=O)NO)C(=O)NC(Cc1ccccc1)C(=O)OC(C)C. The van der Waals surface area contributed by atoms with Crippen LogP contribution in [0.3, 0.4) is 0 Å². The first-order valence-electron chi connectivity index (χ1n) is 9.20. The molecular formula is C20H30N2O5. The summed E-state index contributed by atoms with van der Waals surface area (Å²) >= 11 is 0. The number of hydrogen-bond acceptors (Lipinski definition) is 5. The predicted molar refractivity (Wildman–Crippen MR) is 101 cm³/mol. The minimum atomic E-state index is -0.853. The Morgan fingerprint density at radius 1 is 1.07 bits per heavy atom. The van der Waals surface area contributed by atoms with Gasteiger partial charge in [-0.1, -0.05) is 44.2 Å². The monoisotopic (exact) mass is 378 g/mol. The van der Waals surface area contributed by atoms with Crippen LogP contribution in [0, 0.1) is 11.8 Å². The lowest BCUT2D eigenvalue weighted by Crippen LogP contribution is -2.47. The largest absolute Gasteiger partial charge is 0.461 e. The molecule has 0 aliphatic heterocycles. The van der Waals surface area contributed by atoms with E-state index in [9.17, 15) is 14.4 Å². The van der Waals surface area contributed by atoms with Crippen LogP contribution in [-0.4, -0.2) is 35.1 Å². The summed E-state index contributed by atoms with van der Waals surface area (Å²) in [5, 5.41) is 11.5. The first-order chi connectivity index (χ1) is 12.7. The van der Waals surface area contributed by atoms with Crippen LogP contribution in [0.25, 0.3) is 0 Å². The molecule has 0 heterocycles. The molecule has 3 N–H and O–H groups in total. The molecule has 0 fully saturated rings. The highest BCUT2D eigenvalue weighted by atomic mass is 16.5. The highest BCUT2D eigenvalue weighted by Gasteiger charge is 2.29. The molecule has 2 unspecified atom stereocenters. The number of hydroxylamine groups is 1. The van der Waals surface area contributed by atoms with Gasteiger partial charge in [-0.05, 0) is 31.7 Å². The Morgan fingerprint density at radius 2 is 1.70 bits per heavy atom. The van der Waals surface area contributed by atoms with Crippen molar-refractivity contribution in [3.05, 3.63) is 35.9 Å².